The number of rotatable bonds is 1. The number of hydrogen-bond acceptors (Lipinski definition) is 7. The van der Waals surface area contributed by atoms with Crippen LogP contribution in [-0.4, -0.2) is 49.1 Å². The van der Waals surface area contributed by atoms with Crippen LogP contribution < -0.4 is 4.90 Å². The molecule has 0 atom stereocenters. The monoisotopic (exact) mass is 392 g/mol. The summed E-state index contributed by atoms with van der Waals surface area (Å²) < 4.78 is 11.4. The van der Waals surface area contributed by atoms with Gasteiger partial charge in [0.1, 0.15) is 11.2 Å². The fraction of sp³-hybridized carbons (Fsp3) is 0.500. The van der Waals surface area contributed by atoms with Crippen LogP contribution in [0, 0.1) is 6.92 Å². The van der Waals surface area contributed by atoms with Crippen molar-refractivity contribution in [2.75, 3.05) is 4.90 Å². The lowest BCUT2D eigenvalue weighted by Crippen LogP contribution is -2.44. The molecule has 0 aliphatic heterocycles. The van der Waals surface area contributed by atoms with Crippen molar-refractivity contribution in [3.63, 3.8) is 0 Å². The number of aryl methyl sites for hydroxylation is 1. The van der Waals surface area contributed by atoms with Gasteiger partial charge in [0, 0.05) is 11.6 Å². The molecule has 0 aromatic carbocycles. The number of ether oxygens (including phenoxy) is 2. The van der Waals surface area contributed by atoms with Gasteiger partial charge in [-0.3, -0.25) is 0 Å². The second kappa shape index (κ2) is 7.10. The number of carboxylic acid groups (broad SMARTS) is 1. The number of aromatic nitrogens is 3. The van der Waals surface area contributed by atoms with Gasteiger partial charge < -0.3 is 14.6 Å². The molecule has 0 aliphatic carbocycles. The molecule has 1 N–H and O–H groups in total. The van der Waals surface area contributed by atoms with E-state index in [1.807, 2.05) is 0 Å². The van der Waals surface area contributed by atoms with Crippen molar-refractivity contribution in [3.8, 4) is 0 Å². The second-order valence-electron chi connectivity index (χ2n) is 8.11. The number of fused-ring (bicyclic) bond motifs is 1. The normalized spacial score (nSPS) is 12.0. The number of imide groups is 1. The van der Waals surface area contributed by atoms with Crippen molar-refractivity contribution < 1.29 is 29.0 Å². The molecule has 2 heterocycles. The predicted octanol–water partition coefficient (Wildman–Crippen LogP) is 3.94. The minimum atomic E-state index is -1.26. The number of nitrogens with zero attached hydrogens (tertiary/aromatic N) is 4. The summed E-state index contributed by atoms with van der Waals surface area (Å²) in [5, 5.41) is 9.79. The van der Waals surface area contributed by atoms with E-state index in [4.69, 9.17) is 9.47 Å². The molecule has 0 unspecified atom stereocenters. The Bertz CT molecular complexity index is 908. The third-order valence-corrected chi connectivity index (χ3v) is 3.28. The van der Waals surface area contributed by atoms with Crippen molar-refractivity contribution in [1.82, 2.24) is 14.5 Å². The van der Waals surface area contributed by atoms with Gasteiger partial charge in [0.15, 0.2) is 5.65 Å². The quantitative estimate of drug-likeness (QED) is 0.774. The molecule has 2 rings (SSSR count). The van der Waals surface area contributed by atoms with E-state index >= 15 is 0 Å². The highest BCUT2D eigenvalue weighted by Crippen LogP contribution is 2.23. The zero-order valence-electron chi connectivity index (χ0n) is 16.9. The molecule has 2 amide bonds. The maximum atomic E-state index is 12.7. The third-order valence-electron chi connectivity index (χ3n) is 3.28. The first-order valence-electron chi connectivity index (χ1n) is 8.55. The molecule has 0 aliphatic rings. The van der Waals surface area contributed by atoms with Crippen LogP contribution in [-0.2, 0) is 9.47 Å². The summed E-state index contributed by atoms with van der Waals surface area (Å²) in [4.78, 5) is 45.7. The zero-order valence-corrected chi connectivity index (χ0v) is 16.9. The van der Waals surface area contributed by atoms with Crippen molar-refractivity contribution >= 4 is 35.3 Å². The summed E-state index contributed by atoms with van der Waals surface area (Å²) in [6, 6.07) is 1.54. The molecule has 152 valence electrons. The summed E-state index contributed by atoms with van der Waals surface area (Å²) in [5.41, 5.74) is -1.36. The highest BCUT2D eigenvalue weighted by atomic mass is 16.6. The van der Waals surface area contributed by atoms with E-state index in [0.29, 0.717) is 16.0 Å². The zero-order chi connectivity index (χ0) is 21.4. The fourth-order valence-electron chi connectivity index (χ4n) is 2.26. The molecular weight excluding hydrogens is 368 g/mol. The van der Waals surface area contributed by atoms with Crippen LogP contribution in [0.4, 0.5) is 20.3 Å². The minimum Gasteiger partial charge on any atom is -0.464 e. The Morgan fingerprint density at radius 1 is 1.00 bits per heavy atom. The van der Waals surface area contributed by atoms with Gasteiger partial charge in [0.05, 0.1) is 5.69 Å². The summed E-state index contributed by atoms with van der Waals surface area (Å²) in [5.74, 6) is -0.338. The highest BCUT2D eigenvalue weighted by molar-refractivity contribution is 6.08. The average Bonchev–Trinajstić information content (AvgIpc) is 2.87. The number of hydrogen-bond donors (Lipinski definition) is 1. The summed E-state index contributed by atoms with van der Waals surface area (Å²) in [7, 11) is 0. The van der Waals surface area contributed by atoms with E-state index in [1.165, 1.54) is 12.3 Å². The second-order valence-corrected chi connectivity index (χ2v) is 8.11. The Kier molecular flexibility index (Phi) is 5.36. The van der Waals surface area contributed by atoms with Crippen molar-refractivity contribution in [3.05, 3.63) is 18.0 Å². The molecule has 0 saturated heterocycles. The van der Waals surface area contributed by atoms with E-state index in [2.05, 4.69) is 9.97 Å². The lowest BCUT2D eigenvalue weighted by molar-refractivity contribution is 0.0427. The molecular formula is C18H24N4O6. The minimum absolute atomic E-state index is 0.0344. The molecule has 0 spiro atoms. The average molecular weight is 392 g/mol. The number of carbonyl (C=O) groups is 3. The Balaban J connectivity index is 2.62. The first-order chi connectivity index (χ1) is 12.7. The van der Waals surface area contributed by atoms with E-state index in [9.17, 15) is 19.5 Å². The smallest absolute Gasteiger partial charge is 0.427 e. The van der Waals surface area contributed by atoms with E-state index in [1.54, 1.807) is 48.5 Å². The highest BCUT2D eigenvalue weighted by Gasteiger charge is 2.35. The van der Waals surface area contributed by atoms with Crippen molar-refractivity contribution in [2.24, 2.45) is 0 Å². The van der Waals surface area contributed by atoms with Crippen LogP contribution in [0.1, 0.15) is 47.2 Å². The van der Waals surface area contributed by atoms with Crippen LogP contribution in [0.5, 0.6) is 0 Å². The Morgan fingerprint density at radius 2 is 1.50 bits per heavy atom. The van der Waals surface area contributed by atoms with Gasteiger partial charge >= 0.3 is 18.3 Å². The molecule has 0 bridgehead atoms. The van der Waals surface area contributed by atoms with Gasteiger partial charge in [-0.2, -0.15) is 4.98 Å². The number of carbonyl (C=O) groups excluding carboxylic acids is 2. The molecule has 0 fully saturated rings. The molecule has 28 heavy (non-hydrogen) atoms. The van der Waals surface area contributed by atoms with Crippen LogP contribution in [0.3, 0.4) is 0 Å². The van der Waals surface area contributed by atoms with Crippen molar-refractivity contribution in [1.29, 1.82) is 0 Å². The summed E-state index contributed by atoms with van der Waals surface area (Å²) >= 11 is 0. The standard InChI is InChI=1S/C18H24N4O6/c1-10-11-8-9-21(14(23)24)12(11)20-13(19-10)22(15(25)27-17(2,3)4)16(26)28-18(5,6)7/h8-9H,1-7H3,(H,23,24). The van der Waals surface area contributed by atoms with Crippen LogP contribution in [0.2, 0.25) is 0 Å². The third kappa shape index (κ3) is 4.76. The fourth-order valence-corrected chi connectivity index (χ4v) is 2.26. The predicted molar refractivity (Wildman–Crippen MR) is 101 cm³/mol. The lowest BCUT2D eigenvalue weighted by Gasteiger charge is -2.27. The van der Waals surface area contributed by atoms with Gasteiger partial charge in [-0.15, -0.1) is 4.90 Å². The molecule has 10 nitrogen and oxygen atoms in total. The SMILES string of the molecule is Cc1nc(N(C(=O)OC(C)(C)C)C(=O)OC(C)(C)C)nc2c1ccn2C(=O)O. The van der Waals surface area contributed by atoms with E-state index in [-0.39, 0.29) is 11.6 Å². The maximum Gasteiger partial charge on any atom is 0.427 e. The van der Waals surface area contributed by atoms with Crippen LogP contribution in [0.25, 0.3) is 11.0 Å². The number of amides is 2. The first-order valence-corrected chi connectivity index (χ1v) is 8.55. The summed E-state index contributed by atoms with van der Waals surface area (Å²) in [6.07, 6.45) is -2.02. The maximum absolute atomic E-state index is 12.7. The van der Waals surface area contributed by atoms with Crippen molar-refractivity contribution in [2.45, 2.75) is 59.7 Å². The Hall–Kier alpha value is -3.17. The van der Waals surface area contributed by atoms with E-state index < -0.39 is 29.5 Å². The van der Waals surface area contributed by atoms with Crippen LogP contribution in [0.15, 0.2) is 12.3 Å². The largest absolute Gasteiger partial charge is 0.464 e. The Morgan fingerprint density at radius 3 is 1.93 bits per heavy atom. The van der Waals surface area contributed by atoms with Gasteiger partial charge in [0.25, 0.3) is 0 Å². The molecule has 2 aromatic rings. The number of anilines is 1. The molecule has 10 heteroatoms. The van der Waals surface area contributed by atoms with Crippen LogP contribution >= 0.6 is 0 Å². The lowest BCUT2D eigenvalue weighted by atomic mass is 10.2. The molecule has 0 saturated carbocycles. The molecule has 2 aromatic heterocycles. The van der Waals surface area contributed by atoms with Gasteiger partial charge in [-0.1, -0.05) is 0 Å². The van der Waals surface area contributed by atoms with Gasteiger partial charge in [-0.25, -0.2) is 23.9 Å². The van der Waals surface area contributed by atoms with Gasteiger partial charge in [-0.05, 0) is 54.5 Å². The Labute approximate surface area is 162 Å². The topological polar surface area (TPSA) is 124 Å². The first kappa shape index (κ1) is 21.1. The molecule has 0 radical (unpaired) electrons. The van der Waals surface area contributed by atoms with Gasteiger partial charge in [0.2, 0.25) is 5.95 Å². The summed E-state index contributed by atoms with van der Waals surface area (Å²) in [6.45, 7) is 11.5. The van der Waals surface area contributed by atoms with E-state index in [0.717, 1.165) is 4.57 Å².